The van der Waals surface area contributed by atoms with Crippen molar-refractivity contribution in [1.82, 2.24) is 0 Å². The van der Waals surface area contributed by atoms with Crippen LogP contribution in [0.1, 0.15) is 12.8 Å². The third-order valence-electron chi connectivity index (χ3n) is 2.16. The molecule has 1 atom stereocenters. The van der Waals surface area contributed by atoms with Gasteiger partial charge in [0.05, 0.1) is 6.10 Å². The molecule has 2 heteroatoms. The lowest BCUT2D eigenvalue weighted by molar-refractivity contribution is 0.188. The van der Waals surface area contributed by atoms with Crippen LogP contribution in [0.3, 0.4) is 0 Å². The van der Waals surface area contributed by atoms with E-state index in [2.05, 4.69) is 22.5 Å². The molecule has 0 amide bonds. The fourth-order valence-corrected chi connectivity index (χ4v) is 1.71. The molecule has 0 heterocycles. The van der Waals surface area contributed by atoms with E-state index >= 15 is 0 Å². The van der Waals surface area contributed by atoms with Gasteiger partial charge in [-0.2, -0.15) is 0 Å². The molecule has 0 aliphatic heterocycles. The summed E-state index contributed by atoms with van der Waals surface area (Å²) in [6.45, 7) is 3.59. The standard InChI is InChI=1S/C11H15BrO/c1-2-3-4-5-10(8-12)11(13)9-6-7-9/h2-5,9,11,13H,1,6-8H2/b4-3-,10-5+/t11-/m0/s1. The van der Waals surface area contributed by atoms with Gasteiger partial charge in [-0.25, -0.2) is 0 Å². The summed E-state index contributed by atoms with van der Waals surface area (Å²) < 4.78 is 0. The summed E-state index contributed by atoms with van der Waals surface area (Å²) in [4.78, 5) is 0. The highest BCUT2D eigenvalue weighted by Crippen LogP contribution is 2.35. The molecular weight excluding hydrogens is 228 g/mol. The average Bonchev–Trinajstić information content (AvgIpc) is 2.94. The number of aliphatic hydroxyl groups is 1. The molecule has 1 aliphatic carbocycles. The quantitative estimate of drug-likeness (QED) is 0.581. The van der Waals surface area contributed by atoms with E-state index in [9.17, 15) is 5.11 Å². The maximum Gasteiger partial charge on any atom is 0.0789 e. The summed E-state index contributed by atoms with van der Waals surface area (Å²) in [5, 5.41) is 10.5. The van der Waals surface area contributed by atoms with Crippen molar-refractivity contribution in [3.05, 3.63) is 36.5 Å². The number of hydrogen-bond donors (Lipinski definition) is 1. The molecule has 1 nitrogen and oxygen atoms in total. The van der Waals surface area contributed by atoms with Crippen LogP contribution in [0.2, 0.25) is 0 Å². The Morgan fingerprint density at radius 1 is 1.54 bits per heavy atom. The van der Waals surface area contributed by atoms with Gasteiger partial charge < -0.3 is 5.11 Å². The Morgan fingerprint density at radius 2 is 2.23 bits per heavy atom. The van der Waals surface area contributed by atoms with Crippen molar-refractivity contribution in [1.29, 1.82) is 0 Å². The zero-order valence-corrected chi connectivity index (χ0v) is 9.20. The Hall–Kier alpha value is -0.340. The first-order chi connectivity index (χ1) is 6.29. The van der Waals surface area contributed by atoms with Crippen molar-refractivity contribution in [2.24, 2.45) is 5.92 Å². The van der Waals surface area contributed by atoms with Crippen LogP contribution in [-0.2, 0) is 0 Å². The first kappa shape index (κ1) is 10.7. The van der Waals surface area contributed by atoms with Gasteiger partial charge in [0, 0.05) is 5.33 Å². The van der Waals surface area contributed by atoms with Crippen molar-refractivity contribution in [3.63, 3.8) is 0 Å². The number of rotatable bonds is 5. The van der Waals surface area contributed by atoms with E-state index in [1.807, 2.05) is 18.2 Å². The highest BCUT2D eigenvalue weighted by Gasteiger charge is 2.31. The van der Waals surface area contributed by atoms with Gasteiger partial charge in [0.25, 0.3) is 0 Å². The Labute approximate surface area is 88.0 Å². The highest BCUT2D eigenvalue weighted by atomic mass is 79.9. The molecule has 0 aromatic carbocycles. The second-order valence-corrected chi connectivity index (χ2v) is 3.84. The molecule has 1 rings (SSSR count). The summed E-state index contributed by atoms with van der Waals surface area (Å²) in [5.41, 5.74) is 1.06. The summed E-state index contributed by atoms with van der Waals surface area (Å²) >= 11 is 3.38. The molecular formula is C11H15BrO. The minimum atomic E-state index is -0.256. The Bertz CT molecular complexity index is 226. The molecule has 0 aromatic heterocycles. The number of hydrogen-bond acceptors (Lipinski definition) is 1. The predicted molar refractivity (Wildman–Crippen MR) is 59.9 cm³/mol. The molecule has 13 heavy (non-hydrogen) atoms. The van der Waals surface area contributed by atoms with Gasteiger partial charge in [0.15, 0.2) is 0 Å². The molecule has 0 unspecified atom stereocenters. The van der Waals surface area contributed by atoms with Crippen molar-refractivity contribution in [3.8, 4) is 0 Å². The average molecular weight is 243 g/mol. The number of halogens is 1. The van der Waals surface area contributed by atoms with Crippen LogP contribution in [0.15, 0.2) is 36.5 Å². The van der Waals surface area contributed by atoms with E-state index in [0.29, 0.717) is 5.92 Å². The molecule has 1 saturated carbocycles. The van der Waals surface area contributed by atoms with Crippen LogP contribution in [0.5, 0.6) is 0 Å². The van der Waals surface area contributed by atoms with Crippen molar-refractivity contribution in [2.75, 3.05) is 5.33 Å². The summed E-state index contributed by atoms with van der Waals surface area (Å²) in [6.07, 6.45) is 9.53. The Morgan fingerprint density at radius 3 is 2.69 bits per heavy atom. The normalized spacial score (nSPS) is 20.6. The molecule has 0 saturated heterocycles. The fraction of sp³-hybridized carbons (Fsp3) is 0.455. The van der Waals surface area contributed by atoms with E-state index in [1.54, 1.807) is 6.08 Å². The van der Waals surface area contributed by atoms with Crippen LogP contribution < -0.4 is 0 Å². The third-order valence-corrected chi connectivity index (χ3v) is 2.81. The SMILES string of the molecule is C=C/C=C\C=C(/CBr)[C@@H](O)C1CC1. The Balaban J connectivity index is 2.53. The largest absolute Gasteiger partial charge is 0.388 e. The molecule has 1 N–H and O–H groups in total. The molecule has 72 valence electrons. The van der Waals surface area contributed by atoms with E-state index < -0.39 is 0 Å². The molecule has 0 bridgehead atoms. The van der Waals surface area contributed by atoms with Crippen LogP contribution in [0.25, 0.3) is 0 Å². The molecule has 0 aromatic rings. The topological polar surface area (TPSA) is 20.2 Å². The van der Waals surface area contributed by atoms with Crippen LogP contribution in [0, 0.1) is 5.92 Å². The minimum Gasteiger partial charge on any atom is -0.388 e. The van der Waals surface area contributed by atoms with Gasteiger partial charge in [-0.1, -0.05) is 46.8 Å². The van der Waals surface area contributed by atoms with Crippen molar-refractivity contribution < 1.29 is 5.11 Å². The Kier molecular flexibility index (Phi) is 4.46. The fourth-order valence-electron chi connectivity index (χ4n) is 1.19. The third kappa shape index (κ3) is 3.49. The second kappa shape index (κ2) is 5.40. The van der Waals surface area contributed by atoms with E-state index in [0.717, 1.165) is 23.7 Å². The number of aliphatic hydroxyl groups excluding tert-OH is 1. The van der Waals surface area contributed by atoms with Gasteiger partial charge in [0.2, 0.25) is 0 Å². The van der Waals surface area contributed by atoms with Gasteiger partial charge in [0.1, 0.15) is 0 Å². The zero-order chi connectivity index (χ0) is 9.68. The van der Waals surface area contributed by atoms with Gasteiger partial charge >= 0.3 is 0 Å². The van der Waals surface area contributed by atoms with E-state index in [-0.39, 0.29) is 6.10 Å². The lowest BCUT2D eigenvalue weighted by Gasteiger charge is -2.10. The number of allylic oxidation sites excluding steroid dienone is 4. The zero-order valence-electron chi connectivity index (χ0n) is 7.62. The molecule has 0 radical (unpaired) electrons. The summed E-state index contributed by atoms with van der Waals surface area (Å²) in [6, 6.07) is 0. The molecule has 0 spiro atoms. The number of alkyl halides is 1. The van der Waals surface area contributed by atoms with Gasteiger partial charge in [-0.05, 0) is 24.3 Å². The van der Waals surface area contributed by atoms with Gasteiger partial charge in [-0.3, -0.25) is 0 Å². The first-order valence-electron chi connectivity index (χ1n) is 4.51. The van der Waals surface area contributed by atoms with Crippen LogP contribution >= 0.6 is 15.9 Å². The molecule has 1 aliphatic rings. The maximum absolute atomic E-state index is 9.79. The first-order valence-corrected chi connectivity index (χ1v) is 5.64. The summed E-state index contributed by atoms with van der Waals surface area (Å²) in [7, 11) is 0. The van der Waals surface area contributed by atoms with Crippen LogP contribution in [0.4, 0.5) is 0 Å². The lowest BCUT2D eigenvalue weighted by atomic mass is 10.1. The van der Waals surface area contributed by atoms with Gasteiger partial charge in [-0.15, -0.1) is 0 Å². The molecule has 1 fully saturated rings. The summed E-state index contributed by atoms with van der Waals surface area (Å²) in [5.74, 6) is 0.501. The van der Waals surface area contributed by atoms with Crippen molar-refractivity contribution >= 4 is 15.9 Å². The van der Waals surface area contributed by atoms with E-state index in [4.69, 9.17) is 0 Å². The smallest absolute Gasteiger partial charge is 0.0789 e. The van der Waals surface area contributed by atoms with Crippen molar-refractivity contribution in [2.45, 2.75) is 18.9 Å². The predicted octanol–water partition coefficient (Wildman–Crippen LogP) is 2.82. The van der Waals surface area contributed by atoms with E-state index in [1.165, 1.54) is 0 Å². The minimum absolute atomic E-state index is 0.256. The second-order valence-electron chi connectivity index (χ2n) is 3.28. The highest BCUT2D eigenvalue weighted by molar-refractivity contribution is 9.09. The maximum atomic E-state index is 9.79. The van der Waals surface area contributed by atoms with Crippen LogP contribution in [-0.4, -0.2) is 16.5 Å². The lowest BCUT2D eigenvalue weighted by Crippen LogP contribution is -2.13. The monoisotopic (exact) mass is 242 g/mol.